The van der Waals surface area contributed by atoms with E-state index in [2.05, 4.69) is 5.32 Å². The fourth-order valence-electron chi connectivity index (χ4n) is 1.36. The van der Waals surface area contributed by atoms with E-state index in [0.717, 1.165) is 25.0 Å². The number of hydrogen-bond donors (Lipinski definition) is 2. The molecule has 2 N–H and O–H groups in total. The Morgan fingerprint density at radius 3 is 2.80 bits per heavy atom. The molecule has 1 rings (SSSR count). The van der Waals surface area contributed by atoms with Crippen LogP contribution in [0.4, 0.5) is 8.78 Å². The van der Waals surface area contributed by atoms with Crippen LogP contribution in [0.2, 0.25) is 0 Å². The van der Waals surface area contributed by atoms with E-state index in [1.54, 1.807) is 11.8 Å². The summed E-state index contributed by atoms with van der Waals surface area (Å²) in [5, 5.41) is 11.0. The number of amides is 1. The fraction of sp³-hybridized carbons (Fsp3) is 0.889. The lowest BCUT2D eigenvalue weighted by Gasteiger charge is -2.21. The second kappa shape index (κ2) is 6.27. The zero-order valence-corrected chi connectivity index (χ0v) is 9.10. The quantitative estimate of drug-likeness (QED) is 0.770. The summed E-state index contributed by atoms with van der Waals surface area (Å²) in [6.07, 6.45) is -1.66. The maximum atomic E-state index is 11.9. The van der Waals surface area contributed by atoms with Gasteiger partial charge >= 0.3 is 0 Å². The van der Waals surface area contributed by atoms with Gasteiger partial charge in [0.2, 0.25) is 5.91 Å². The van der Waals surface area contributed by atoms with Crippen molar-refractivity contribution in [2.45, 2.75) is 37.0 Å². The molecule has 2 unspecified atom stereocenters. The molecule has 1 heterocycles. The third kappa shape index (κ3) is 4.34. The average Bonchev–Trinajstić information content (AvgIpc) is 2.26. The Hall–Kier alpha value is -0.360. The number of carbonyl (C=O) groups is 1. The zero-order valence-electron chi connectivity index (χ0n) is 8.29. The first-order valence-electron chi connectivity index (χ1n) is 4.97. The highest BCUT2D eigenvalue weighted by molar-refractivity contribution is 8.00. The van der Waals surface area contributed by atoms with Crippen molar-refractivity contribution in [2.24, 2.45) is 0 Å². The molecule has 0 aromatic rings. The monoisotopic (exact) mass is 239 g/mol. The van der Waals surface area contributed by atoms with Crippen LogP contribution in [0.15, 0.2) is 0 Å². The van der Waals surface area contributed by atoms with Gasteiger partial charge in [0.15, 0.2) is 0 Å². The van der Waals surface area contributed by atoms with Crippen LogP contribution >= 0.6 is 11.8 Å². The fourth-order valence-corrected chi connectivity index (χ4v) is 2.58. The predicted octanol–water partition coefficient (Wildman–Crippen LogP) is 1.01. The number of alkyl halides is 2. The van der Waals surface area contributed by atoms with E-state index in [4.69, 9.17) is 5.11 Å². The van der Waals surface area contributed by atoms with Crippen molar-refractivity contribution >= 4 is 17.7 Å². The third-order valence-electron chi connectivity index (χ3n) is 2.25. The van der Waals surface area contributed by atoms with Gasteiger partial charge in [-0.15, -0.1) is 11.8 Å². The maximum absolute atomic E-state index is 11.9. The lowest BCUT2D eigenvalue weighted by molar-refractivity contribution is -0.121. The Morgan fingerprint density at radius 1 is 1.53 bits per heavy atom. The first-order chi connectivity index (χ1) is 7.11. The number of rotatable bonds is 4. The summed E-state index contributed by atoms with van der Waals surface area (Å²) in [5.74, 6) is 0.703. The number of thioether (sulfide) groups is 1. The number of carbonyl (C=O) groups excluding carboxylic acids is 1. The molecule has 1 aliphatic heterocycles. The van der Waals surface area contributed by atoms with Crippen LogP contribution in [0.25, 0.3) is 0 Å². The lowest BCUT2D eigenvalue weighted by Crippen LogP contribution is -2.40. The molecule has 6 heteroatoms. The Labute approximate surface area is 91.6 Å². The summed E-state index contributed by atoms with van der Waals surface area (Å²) in [6, 6.07) is 0. The molecule has 0 spiro atoms. The second-order valence-electron chi connectivity index (χ2n) is 3.50. The highest BCUT2D eigenvalue weighted by Gasteiger charge is 2.23. The Kier molecular flexibility index (Phi) is 5.31. The molecule has 3 nitrogen and oxygen atoms in total. The molecular weight excluding hydrogens is 224 g/mol. The highest BCUT2D eigenvalue weighted by Crippen LogP contribution is 2.24. The number of halogens is 2. The van der Waals surface area contributed by atoms with Gasteiger partial charge in [0.05, 0.1) is 5.25 Å². The SMILES string of the molecule is O=C(NCC(O)C(F)F)C1CCCCS1. The molecule has 0 aromatic carbocycles. The summed E-state index contributed by atoms with van der Waals surface area (Å²) in [5.41, 5.74) is 0. The van der Waals surface area contributed by atoms with Crippen molar-refractivity contribution in [2.75, 3.05) is 12.3 Å². The molecule has 0 saturated carbocycles. The van der Waals surface area contributed by atoms with E-state index in [1.165, 1.54) is 0 Å². The average molecular weight is 239 g/mol. The van der Waals surface area contributed by atoms with Crippen molar-refractivity contribution in [3.63, 3.8) is 0 Å². The van der Waals surface area contributed by atoms with Gasteiger partial charge < -0.3 is 10.4 Å². The lowest BCUT2D eigenvalue weighted by atomic mass is 10.2. The van der Waals surface area contributed by atoms with Gasteiger partial charge in [-0.2, -0.15) is 0 Å². The molecule has 0 aromatic heterocycles. The number of hydrogen-bond acceptors (Lipinski definition) is 3. The molecule has 15 heavy (non-hydrogen) atoms. The van der Waals surface area contributed by atoms with E-state index in [9.17, 15) is 13.6 Å². The topological polar surface area (TPSA) is 49.3 Å². The Balaban J connectivity index is 2.22. The van der Waals surface area contributed by atoms with Crippen molar-refractivity contribution in [1.82, 2.24) is 5.32 Å². The van der Waals surface area contributed by atoms with Gasteiger partial charge in [0, 0.05) is 6.54 Å². The molecule has 0 aliphatic carbocycles. The minimum Gasteiger partial charge on any atom is -0.385 e. The van der Waals surface area contributed by atoms with Crippen LogP contribution < -0.4 is 5.32 Å². The van der Waals surface area contributed by atoms with Crippen LogP contribution in [-0.2, 0) is 4.79 Å². The summed E-state index contributed by atoms with van der Waals surface area (Å²) < 4.78 is 23.8. The molecule has 1 fully saturated rings. The van der Waals surface area contributed by atoms with E-state index in [-0.39, 0.29) is 17.7 Å². The smallest absolute Gasteiger partial charge is 0.265 e. The van der Waals surface area contributed by atoms with Gasteiger partial charge in [-0.25, -0.2) is 8.78 Å². The van der Waals surface area contributed by atoms with Crippen LogP contribution in [0.1, 0.15) is 19.3 Å². The van der Waals surface area contributed by atoms with Gasteiger partial charge in [-0.05, 0) is 18.6 Å². The minimum atomic E-state index is -2.80. The normalized spacial score (nSPS) is 23.9. The van der Waals surface area contributed by atoms with E-state index in [0.29, 0.717) is 0 Å². The summed E-state index contributed by atoms with van der Waals surface area (Å²) >= 11 is 1.55. The summed E-state index contributed by atoms with van der Waals surface area (Å²) in [7, 11) is 0. The van der Waals surface area contributed by atoms with Crippen molar-refractivity contribution in [3.05, 3.63) is 0 Å². The van der Waals surface area contributed by atoms with Crippen LogP contribution in [0.3, 0.4) is 0 Å². The molecule has 1 saturated heterocycles. The highest BCUT2D eigenvalue weighted by atomic mass is 32.2. The van der Waals surface area contributed by atoms with E-state index >= 15 is 0 Å². The van der Waals surface area contributed by atoms with E-state index < -0.39 is 12.5 Å². The molecule has 1 aliphatic rings. The van der Waals surface area contributed by atoms with Crippen molar-refractivity contribution in [1.29, 1.82) is 0 Å². The largest absolute Gasteiger partial charge is 0.385 e. The standard InChI is InChI=1S/C9H15F2NO2S/c10-8(11)6(13)5-12-9(14)7-3-1-2-4-15-7/h6-8,13H,1-5H2,(H,12,14). The minimum absolute atomic E-state index is 0.136. The van der Waals surface area contributed by atoms with E-state index in [1.807, 2.05) is 0 Å². The molecular formula is C9H15F2NO2S. The zero-order chi connectivity index (χ0) is 11.3. The third-order valence-corrected chi connectivity index (χ3v) is 3.62. The van der Waals surface area contributed by atoms with Gasteiger partial charge in [0.25, 0.3) is 6.43 Å². The number of aliphatic hydroxyl groups excluding tert-OH is 1. The molecule has 88 valence electrons. The summed E-state index contributed by atoms with van der Waals surface area (Å²) in [6.45, 7) is -0.367. The second-order valence-corrected chi connectivity index (χ2v) is 4.81. The number of nitrogens with one attached hydrogen (secondary N) is 1. The summed E-state index contributed by atoms with van der Waals surface area (Å²) in [4.78, 5) is 11.4. The molecule has 0 radical (unpaired) electrons. The first-order valence-corrected chi connectivity index (χ1v) is 6.01. The van der Waals surface area contributed by atoms with Crippen molar-refractivity contribution in [3.8, 4) is 0 Å². The molecule has 1 amide bonds. The Bertz CT molecular complexity index is 210. The number of aliphatic hydroxyl groups is 1. The van der Waals surface area contributed by atoms with Gasteiger partial charge in [-0.1, -0.05) is 6.42 Å². The van der Waals surface area contributed by atoms with Crippen LogP contribution in [0.5, 0.6) is 0 Å². The first kappa shape index (κ1) is 12.7. The van der Waals surface area contributed by atoms with Gasteiger partial charge in [-0.3, -0.25) is 4.79 Å². The molecule has 2 atom stereocenters. The van der Waals surface area contributed by atoms with Gasteiger partial charge in [0.1, 0.15) is 6.10 Å². The van der Waals surface area contributed by atoms with Crippen molar-refractivity contribution < 1.29 is 18.7 Å². The molecule has 0 bridgehead atoms. The van der Waals surface area contributed by atoms with Crippen LogP contribution in [0, 0.1) is 0 Å². The predicted molar refractivity (Wildman–Crippen MR) is 55.1 cm³/mol. The van der Waals surface area contributed by atoms with Crippen LogP contribution in [-0.4, -0.2) is 41.1 Å². The Morgan fingerprint density at radius 2 is 2.27 bits per heavy atom. The maximum Gasteiger partial charge on any atom is 0.265 e.